The minimum atomic E-state index is -0.453. The Morgan fingerprint density at radius 2 is 2.10 bits per heavy atom. The summed E-state index contributed by atoms with van der Waals surface area (Å²) in [5.74, 6) is 0.934. The molecule has 0 fully saturated rings. The molecule has 0 amide bonds. The van der Waals surface area contributed by atoms with Crippen LogP contribution in [0.5, 0.6) is 0 Å². The Morgan fingerprint density at radius 1 is 1.40 bits per heavy atom. The molecular weight excluding hydrogens is 296 g/mol. The maximum Gasteiger partial charge on any atom is 0.269 e. The summed E-state index contributed by atoms with van der Waals surface area (Å²) >= 11 is 2.71. The molecule has 0 unspecified atom stereocenters. The van der Waals surface area contributed by atoms with Crippen LogP contribution in [0.15, 0.2) is 35.0 Å². The van der Waals surface area contributed by atoms with Crippen molar-refractivity contribution in [3.05, 3.63) is 45.6 Å². The first-order valence-electron chi connectivity index (χ1n) is 6.00. The Kier molecular flexibility index (Phi) is 4.97. The van der Waals surface area contributed by atoms with Crippen molar-refractivity contribution in [2.75, 3.05) is 5.75 Å². The zero-order chi connectivity index (χ0) is 14.5. The van der Waals surface area contributed by atoms with Crippen LogP contribution in [0.1, 0.15) is 18.9 Å². The molecule has 0 radical (unpaired) electrons. The minimum absolute atomic E-state index is 0.0296. The highest BCUT2D eigenvalue weighted by Crippen LogP contribution is 2.31. The third-order valence-corrected chi connectivity index (χ3v) is 4.65. The smallest absolute Gasteiger partial charge is 0.269 e. The van der Waals surface area contributed by atoms with E-state index in [0.29, 0.717) is 5.70 Å². The average molecular weight is 308 g/mol. The van der Waals surface area contributed by atoms with Gasteiger partial charge in [-0.2, -0.15) is 0 Å². The Balaban J connectivity index is 2.15. The van der Waals surface area contributed by atoms with Crippen LogP contribution >= 0.6 is 23.5 Å². The van der Waals surface area contributed by atoms with Gasteiger partial charge >= 0.3 is 0 Å². The van der Waals surface area contributed by atoms with Crippen LogP contribution in [-0.2, 0) is 4.79 Å². The van der Waals surface area contributed by atoms with Crippen LogP contribution in [0.25, 0.3) is 6.08 Å². The van der Waals surface area contributed by atoms with Crippen LogP contribution in [0.3, 0.4) is 0 Å². The lowest BCUT2D eigenvalue weighted by Crippen LogP contribution is -1.89. The Hall–Kier alpha value is -1.60. The van der Waals surface area contributed by atoms with Gasteiger partial charge in [0.2, 0.25) is 5.12 Å². The number of rotatable bonds is 4. The van der Waals surface area contributed by atoms with E-state index in [0.717, 1.165) is 33.9 Å². The topological polar surface area (TPSA) is 72.6 Å². The van der Waals surface area contributed by atoms with Crippen LogP contribution < -0.4 is 0 Å². The fourth-order valence-corrected chi connectivity index (χ4v) is 3.26. The predicted molar refractivity (Wildman–Crippen MR) is 83.9 cm³/mol. The van der Waals surface area contributed by atoms with Gasteiger partial charge in [0.05, 0.1) is 4.92 Å². The number of nitro benzene ring substituents is 1. The van der Waals surface area contributed by atoms with Gasteiger partial charge in [-0.25, -0.2) is 4.99 Å². The monoisotopic (exact) mass is 308 g/mol. The summed E-state index contributed by atoms with van der Waals surface area (Å²) in [5, 5.41) is 10.5. The van der Waals surface area contributed by atoms with Gasteiger partial charge in [-0.3, -0.25) is 14.9 Å². The van der Waals surface area contributed by atoms with Crippen molar-refractivity contribution in [2.24, 2.45) is 4.99 Å². The zero-order valence-electron chi connectivity index (χ0n) is 10.7. The first kappa shape index (κ1) is 14.8. The van der Waals surface area contributed by atoms with Crippen molar-refractivity contribution in [3.63, 3.8) is 0 Å². The SMILES string of the molecule is CCCSC1=NC(=Cc2ccc([N+](=O)[O-])cc2)C(=O)S1. The van der Waals surface area contributed by atoms with E-state index in [9.17, 15) is 14.9 Å². The van der Waals surface area contributed by atoms with E-state index in [1.165, 1.54) is 12.1 Å². The summed E-state index contributed by atoms with van der Waals surface area (Å²) in [6, 6.07) is 6.04. The molecule has 2 rings (SSSR count). The molecule has 0 atom stereocenters. The maximum absolute atomic E-state index is 11.8. The van der Waals surface area contributed by atoms with Crippen molar-refractivity contribution >= 4 is 44.8 Å². The van der Waals surface area contributed by atoms with Gasteiger partial charge in [-0.1, -0.05) is 18.7 Å². The van der Waals surface area contributed by atoms with E-state index in [1.807, 2.05) is 0 Å². The van der Waals surface area contributed by atoms with E-state index in [2.05, 4.69) is 11.9 Å². The molecule has 1 aliphatic rings. The number of carbonyl (C=O) groups excluding carboxylic acids is 1. The molecule has 1 heterocycles. The van der Waals surface area contributed by atoms with Crippen LogP contribution in [0.2, 0.25) is 0 Å². The van der Waals surface area contributed by atoms with Crippen LogP contribution in [-0.4, -0.2) is 20.2 Å². The lowest BCUT2D eigenvalue weighted by molar-refractivity contribution is -0.384. The average Bonchev–Trinajstić information content (AvgIpc) is 2.77. The number of hydrogen-bond acceptors (Lipinski definition) is 6. The number of nitro groups is 1. The third-order valence-electron chi connectivity index (χ3n) is 2.44. The molecule has 0 N–H and O–H groups in total. The third kappa shape index (κ3) is 3.71. The first-order valence-corrected chi connectivity index (χ1v) is 7.80. The lowest BCUT2D eigenvalue weighted by atomic mass is 10.2. The summed E-state index contributed by atoms with van der Waals surface area (Å²) in [6.07, 6.45) is 2.68. The number of hydrogen-bond donors (Lipinski definition) is 0. The van der Waals surface area contributed by atoms with Gasteiger partial charge < -0.3 is 0 Å². The second-order valence-corrected chi connectivity index (χ2v) is 6.30. The Bertz CT molecular complexity index is 594. The highest BCUT2D eigenvalue weighted by molar-refractivity contribution is 8.45. The summed E-state index contributed by atoms with van der Waals surface area (Å²) < 4.78 is 0.769. The van der Waals surface area contributed by atoms with Crippen LogP contribution in [0, 0.1) is 10.1 Å². The number of aliphatic imine (C=N–C) groups is 1. The number of non-ortho nitro benzene ring substituents is 1. The zero-order valence-corrected chi connectivity index (χ0v) is 12.4. The molecule has 0 bridgehead atoms. The summed E-state index contributed by atoms with van der Waals surface area (Å²) in [6.45, 7) is 2.07. The first-order chi connectivity index (χ1) is 9.60. The van der Waals surface area contributed by atoms with Crippen LogP contribution in [0.4, 0.5) is 5.69 Å². The van der Waals surface area contributed by atoms with E-state index >= 15 is 0 Å². The number of thioether (sulfide) groups is 2. The van der Waals surface area contributed by atoms with Gasteiger partial charge in [0.1, 0.15) is 10.1 Å². The highest BCUT2D eigenvalue weighted by atomic mass is 32.2. The number of benzene rings is 1. The van der Waals surface area contributed by atoms with Crippen molar-refractivity contribution in [3.8, 4) is 0 Å². The Morgan fingerprint density at radius 3 is 2.70 bits per heavy atom. The second kappa shape index (κ2) is 6.71. The van der Waals surface area contributed by atoms with Crippen molar-refractivity contribution in [1.29, 1.82) is 0 Å². The van der Waals surface area contributed by atoms with Gasteiger partial charge in [0.25, 0.3) is 5.69 Å². The fraction of sp³-hybridized carbons (Fsp3) is 0.231. The van der Waals surface area contributed by atoms with E-state index in [4.69, 9.17) is 0 Å². The fourth-order valence-electron chi connectivity index (χ4n) is 1.49. The standard InChI is InChI=1S/C13H12N2O3S2/c1-2-7-19-13-14-11(12(16)20-13)8-9-3-5-10(6-4-9)15(17)18/h3-6,8H,2,7H2,1H3. The molecular formula is C13H12N2O3S2. The highest BCUT2D eigenvalue weighted by Gasteiger charge is 2.22. The molecule has 7 heteroatoms. The van der Waals surface area contributed by atoms with E-state index in [-0.39, 0.29) is 10.8 Å². The molecule has 5 nitrogen and oxygen atoms in total. The summed E-state index contributed by atoms with van der Waals surface area (Å²) in [5.41, 5.74) is 1.15. The lowest BCUT2D eigenvalue weighted by Gasteiger charge is -1.94. The van der Waals surface area contributed by atoms with Gasteiger partial charge in [-0.15, -0.1) is 0 Å². The molecule has 0 aromatic heterocycles. The maximum atomic E-state index is 11.8. The molecule has 0 saturated heterocycles. The number of carbonyl (C=O) groups is 1. The van der Waals surface area contributed by atoms with Gasteiger partial charge in [0.15, 0.2) is 0 Å². The van der Waals surface area contributed by atoms with Gasteiger partial charge in [-0.05, 0) is 47.7 Å². The molecule has 104 valence electrons. The largest absolute Gasteiger partial charge is 0.279 e. The molecule has 20 heavy (non-hydrogen) atoms. The van der Waals surface area contributed by atoms with E-state index in [1.54, 1.807) is 30.0 Å². The summed E-state index contributed by atoms with van der Waals surface area (Å²) in [7, 11) is 0. The second-order valence-electron chi connectivity index (χ2n) is 3.99. The molecule has 0 aliphatic carbocycles. The van der Waals surface area contributed by atoms with E-state index < -0.39 is 4.92 Å². The number of nitrogens with zero attached hydrogens (tertiary/aromatic N) is 2. The molecule has 1 aromatic rings. The molecule has 0 spiro atoms. The molecule has 1 aromatic carbocycles. The van der Waals surface area contributed by atoms with Crippen molar-refractivity contribution < 1.29 is 9.72 Å². The van der Waals surface area contributed by atoms with Crippen molar-refractivity contribution in [1.82, 2.24) is 0 Å². The Labute approximate surface area is 124 Å². The quantitative estimate of drug-likeness (QED) is 0.481. The normalized spacial score (nSPS) is 16.6. The molecule has 0 saturated carbocycles. The molecule has 1 aliphatic heterocycles. The minimum Gasteiger partial charge on any atom is -0.279 e. The predicted octanol–water partition coefficient (Wildman–Crippen LogP) is 3.71. The summed E-state index contributed by atoms with van der Waals surface area (Å²) in [4.78, 5) is 26.2. The van der Waals surface area contributed by atoms with Gasteiger partial charge in [0, 0.05) is 12.1 Å². The van der Waals surface area contributed by atoms with Crippen molar-refractivity contribution in [2.45, 2.75) is 13.3 Å².